The van der Waals surface area contributed by atoms with E-state index in [1.807, 2.05) is 12.1 Å². The zero-order valence-corrected chi connectivity index (χ0v) is 9.84. The van der Waals surface area contributed by atoms with Gasteiger partial charge >= 0.3 is 0 Å². The largest absolute Gasteiger partial charge is 0.496 e. The zero-order valence-electron chi connectivity index (χ0n) is 9.02. The van der Waals surface area contributed by atoms with Gasteiger partial charge in [0, 0.05) is 14.2 Å². The Labute approximate surface area is 95.7 Å². The number of methoxy groups -OCH3 is 3. The van der Waals surface area contributed by atoms with Crippen LogP contribution in [0, 0.1) is 0 Å². The minimum atomic E-state index is -1.26. The highest BCUT2D eigenvalue weighted by atomic mass is 35.5. The van der Waals surface area contributed by atoms with E-state index < -0.39 is 5.91 Å². The summed E-state index contributed by atoms with van der Waals surface area (Å²) < 4.78 is 15.3. The van der Waals surface area contributed by atoms with E-state index in [0.717, 1.165) is 0 Å². The number of ether oxygens (including phenoxy) is 3. The number of rotatable bonds is 4. The molecule has 15 heavy (non-hydrogen) atoms. The first-order valence-electron chi connectivity index (χ1n) is 4.20. The van der Waals surface area contributed by atoms with Gasteiger partial charge in [-0.15, -0.1) is 12.4 Å². The summed E-state index contributed by atoms with van der Waals surface area (Å²) in [6, 6.07) is 7.30. The van der Waals surface area contributed by atoms with Crippen molar-refractivity contribution in [2.24, 2.45) is 5.73 Å². The van der Waals surface area contributed by atoms with Gasteiger partial charge in [0.1, 0.15) is 5.75 Å². The van der Waals surface area contributed by atoms with Gasteiger partial charge in [0.05, 0.1) is 12.7 Å². The number of hydrogen-bond donors (Lipinski definition) is 1. The maximum absolute atomic E-state index is 5.87. The molecule has 0 aliphatic rings. The highest BCUT2D eigenvalue weighted by Gasteiger charge is 2.29. The Kier molecular flexibility index (Phi) is 5.60. The Morgan fingerprint density at radius 2 is 1.60 bits per heavy atom. The maximum Gasteiger partial charge on any atom is 0.256 e. The molecule has 0 atom stereocenters. The first-order chi connectivity index (χ1) is 6.68. The molecule has 0 saturated carbocycles. The second-order valence-corrected chi connectivity index (χ2v) is 2.78. The molecule has 0 aromatic heterocycles. The van der Waals surface area contributed by atoms with Crippen LogP contribution in [0.4, 0.5) is 0 Å². The standard InChI is InChI=1S/C10H15NO3.ClH/c1-12-9-7-5-4-6-8(9)10(11,13-2)14-3;/h4-7H,11H2,1-3H3;1H. The monoisotopic (exact) mass is 233 g/mol. The van der Waals surface area contributed by atoms with E-state index in [-0.39, 0.29) is 12.4 Å². The molecule has 1 aromatic carbocycles. The summed E-state index contributed by atoms with van der Waals surface area (Å²) in [5.41, 5.74) is 6.53. The first kappa shape index (κ1) is 14.2. The summed E-state index contributed by atoms with van der Waals surface area (Å²) in [5, 5.41) is 0. The fraction of sp³-hybridized carbons (Fsp3) is 0.400. The molecule has 86 valence electrons. The normalized spacial score (nSPS) is 10.7. The molecule has 0 aliphatic carbocycles. The average Bonchev–Trinajstić information content (AvgIpc) is 2.28. The van der Waals surface area contributed by atoms with E-state index in [0.29, 0.717) is 11.3 Å². The van der Waals surface area contributed by atoms with Gasteiger partial charge in [0.2, 0.25) is 0 Å². The third-order valence-corrected chi connectivity index (χ3v) is 2.09. The highest BCUT2D eigenvalue weighted by Crippen LogP contribution is 2.28. The Morgan fingerprint density at radius 1 is 1.07 bits per heavy atom. The van der Waals surface area contributed by atoms with Crippen molar-refractivity contribution in [3.63, 3.8) is 0 Å². The quantitative estimate of drug-likeness (QED) is 0.801. The second kappa shape index (κ2) is 5.92. The van der Waals surface area contributed by atoms with E-state index >= 15 is 0 Å². The smallest absolute Gasteiger partial charge is 0.256 e. The van der Waals surface area contributed by atoms with Crippen molar-refractivity contribution in [3.8, 4) is 5.75 Å². The van der Waals surface area contributed by atoms with Gasteiger partial charge < -0.3 is 14.2 Å². The molecule has 0 radical (unpaired) electrons. The lowest BCUT2D eigenvalue weighted by molar-refractivity contribution is -0.212. The zero-order chi connectivity index (χ0) is 10.6. The van der Waals surface area contributed by atoms with Gasteiger partial charge in [0.15, 0.2) is 0 Å². The lowest BCUT2D eigenvalue weighted by Crippen LogP contribution is -2.40. The minimum Gasteiger partial charge on any atom is -0.496 e. The first-order valence-corrected chi connectivity index (χ1v) is 4.20. The van der Waals surface area contributed by atoms with Gasteiger partial charge in [-0.1, -0.05) is 12.1 Å². The molecule has 0 aliphatic heterocycles. The van der Waals surface area contributed by atoms with E-state index in [1.165, 1.54) is 14.2 Å². The van der Waals surface area contributed by atoms with Crippen molar-refractivity contribution in [3.05, 3.63) is 29.8 Å². The van der Waals surface area contributed by atoms with E-state index in [2.05, 4.69) is 0 Å². The van der Waals surface area contributed by atoms with Gasteiger partial charge in [-0.05, 0) is 12.1 Å². The average molecular weight is 234 g/mol. The third kappa shape index (κ3) is 2.82. The Morgan fingerprint density at radius 3 is 2.07 bits per heavy atom. The Bertz CT molecular complexity index is 302. The van der Waals surface area contributed by atoms with Crippen LogP contribution in [0.25, 0.3) is 0 Å². The lowest BCUT2D eigenvalue weighted by Gasteiger charge is -2.27. The van der Waals surface area contributed by atoms with E-state index in [9.17, 15) is 0 Å². The lowest BCUT2D eigenvalue weighted by atomic mass is 10.1. The van der Waals surface area contributed by atoms with Gasteiger partial charge in [-0.2, -0.15) is 0 Å². The molecule has 0 amide bonds. The molecular weight excluding hydrogens is 218 g/mol. The highest BCUT2D eigenvalue weighted by molar-refractivity contribution is 5.85. The second-order valence-electron chi connectivity index (χ2n) is 2.78. The van der Waals surface area contributed by atoms with Crippen molar-refractivity contribution in [1.29, 1.82) is 0 Å². The molecule has 1 rings (SSSR count). The summed E-state index contributed by atoms with van der Waals surface area (Å²) in [5.74, 6) is -0.620. The molecule has 4 nitrogen and oxygen atoms in total. The number of benzene rings is 1. The van der Waals surface area contributed by atoms with Crippen LogP contribution >= 0.6 is 12.4 Å². The fourth-order valence-electron chi connectivity index (χ4n) is 1.24. The fourth-order valence-corrected chi connectivity index (χ4v) is 1.24. The Hall–Kier alpha value is -0.810. The van der Waals surface area contributed by atoms with Crippen molar-refractivity contribution in [2.75, 3.05) is 21.3 Å². The van der Waals surface area contributed by atoms with Crippen molar-refractivity contribution < 1.29 is 14.2 Å². The van der Waals surface area contributed by atoms with Crippen molar-refractivity contribution in [1.82, 2.24) is 0 Å². The van der Waals surface area contributed by atoms with Gasteiger partial charge in [0.25, 0.3) is 5.91 Å². The van der Waals surface area contributed by atoms with Crippen LogP contribution in [0.2, 0.25) is 0 Å². The van der Waals surface area contributed by atoms with Gasteiger partial charge in [-0.25, -0.2) is 0 Å². The van der Waals surface area contributed by atoms with Crippen LogP contribution in [-0.4, -0.2) is 21.3 Å². The minimum absolute atomic E-state index is 0. The van der Waals surface area contributed by atoms with Crippen molar-refractivity contribution in [2.45, 2.75) is 5.91 Å². The number of para-hydroxylation sites is 1. The molecule has 1 aromatic rings. The maximum atomic E-state index is 5.87. The molecule has 5 heteroatoms. The van der Waals surface area contributed by atoms with Crippen LogP contribution in [0.1, 0.15) is 5.56 Å². The molecule has 0 fully saturated rings. The van der Waals surface area contributed by atoms with Crippen LogP contribution in [0.15, 0.2) is 24.3 Å². The summed E-state index contributed by atoms with van der Waals surface area (Å²) in [4.78, 5) is 0. The summed E-state index contributed by atoms with van der Waals surface area (Å²) in [6.45, 7) is 0. The molecule has 0 spiro atoms. The summed E-state index contributed by atoms with van der Waals surface area (Å²) in [7, 11) is 4.54. The number of hydrogen-bond acceptors (Lipinski definition) is 4. The SMILES string of the molecule is COc1ccccc1C(N)(OC)OC.Cl. The summed E-state index contributed by atoms with van der Waals surface area (Å²) in [6.07, 6.45) is 0. The predicted octanol–water partition coefficient (Wildman–Crippen LogP) is 1.48. The molecule has 2 N–H and O–H groups in total. The van der Waals surface area contributed by atoms with Gasteiger partial charge in [-0.3, -0.25) is 5.73 Å². The predicted molar refractivity (Wildman–Crippen MR) is 60.1 cm³/mol. The number of halogens is 1. The Balaban J connectivity index is 0.00000196. The molecular formula is C10H16ClNO3. The van der Waals surface area contributed by atoms with E-state index in [4.69, 9.17) is 19.9 Å². The van der Waals surface area contributed by atoms with Crippen LogP contribution in [0.3, 0.4) is 0 Å². The van der Waals surface area contributed by atoms with Crippen LogP contribution in [-0.2, 0) is 15.4 Å². The van der Waals surface area contributed by atoms with E-state index in [1.54, 1.807) is 19.2 Å². The molecule has 0 bridgehead atoms. The topological polar surface area (TPSA) is 53.7 Å². The van der Waals surface area contributed by atoms with Crippen LogP contribution in [0.5, 0.6) is 5.75 Å². The molecule has 0 saturated heterocycles. The third-order valence-electron chi connectivity index (χ3n) is 2.09. The molecule has 0 unspecified atom stereocenters. The number of nitrogens with two attached hydrogens (primary N) is 1. The van der Waals surface area contributed by atoms with Crippen molar-refractivity contribution >= 4 is 12.4 Å². The summed E-state index contributed by atoms with van der Waals surface area (Å²) >= 11 is 0. The molecule has 0 heterocycles. The van der Waals surface area contributed by atoms with Crippen LogP contribution < -0.4 is 10.5 Å².